The Morgan fingerprint density at radius 3 is 2.12 bits per heavy atom. The first-order chi connectivity index (χ1) is 3.42. The van der Waals surface area contributed by atoms with Crippen molar-refractivity contribution in [3.05, 3.63) is 0 Å². The van der Waals surface area contributed by atoms with Crippen LogP contribution in [-0.4, -0.2) is 22.0 Å². The molecule has 4 N–H and O–H groups in total. The smallest absolute Gasteiger partial charge is 0.327 e. The summed E-state index contributed by atoms with van der Waals surface area (Å²) < 4.78 is 10.1. The molecule has 0 saturated heterocycles. The van der Waals surface area contributed by atoms with Crippen LogP contribution in [0.2, 0.25) is 0 Å². The van der Waals surface area contributed by atoms with Crippen LogP contribution >= 0.6 is 7.60 Å². The van der Waals surface area contributed by atoms with E-state index in [1.165, 1.54) is 0 Å². The summed E-state index contributed by atoms with van der Waals surface area (Å²) in [7, 11) is -3.85. The Bertz CT molecular complexity index is 107. The molecular weight excluding hydrogens is 129 g/mol. The molecule has 5 heteroatoms. The van der Waals surface area contributed by atoms with Gasteiger partial charge in [-0.1, -0.05) is 0 Å². The van der Waals surface area contributed by atoms with Crippen LogP contribution in [0.5, 0.6) is 0 Å². The third kappa shape index (κ3) is 6.11. The fourth-order valence-corrected chi connectivity index (χ4v) is 1.13. The molecule has 0 aliphatic carbocycles. The van der Waals surface area contributed by atoms with Crippen LogP contribution in [-0.2, 0) is 4.57 Å². The standard InChI is InChI=1S/C3H10NO3P/c1-3(4)2-8(5,6)7/h3H,2,4H2,1H3,(H2,5,6,7). The van der Waals surface area contributed by atoms with Gasteiger partial charge in [0.05, 0.1) is 6.16 Å². The Hall–Kier alpha value is 0.110. The molecule has 0 aliphatic heterocycles. The third-order valence-electron chi connectivity index (χ3n) is 0.526. The van der Waals surface area contributed by atoms with Crippen molar-refractivity contribution >= 4 is 7.60 Å². The van der Waals surface area contributed by atoms with E-state index in [-0.39, 0.29) is 6.16 Å². The monoisotopic (exact) mass is 139 g/mol. The molecule has 50 valence electrons. The number of rotatable bonds is 2. The molecular formula is C3H10NO3P. The van der Waals surface area contributed by atoms with Crippen molar-refractivity contribution in [3.63, 3.8) is 0 Å². The van der Waals surface area contributed by atoms with Crippen LogP contribution in [0, 0.1) is 0 Å². The summed E-state index contributed by atoms with van der Waals surface area (Å²) in [6.45, 7) is 1.55. The van der Waals surface area contributed by atoms with Gasteiger partial charge in [0.15, 0.2) is 0 Å². The van der Waals surface area contributed by atoms with Crippen LogP contribution in [0.25, 0.3) is 0 Å². The summed E-state index contributed by atoms with van der Waals surface area (Å²) >= 11 is 0. The van der Waals surface area contributed by atoms with Gasteiger partial charge in [0.25, 0.3) is 0 Å². The van der Waals surface area contributed by atoms with Gasteiger partial charge < -0.3 is 15.5 Å². The van der Waals surface area contributed by atoms with Gasteiger partial charge in [0.1, 0.15) is 0 Å². The van der Waals surface area contributed by atoms with Gasteiger partial charge >= 0.3 is 7.60 Å². The van der Waals surface area contributed by atoms with Crippen molar-refractivity contribution in [3.8, 4) is 0 Å². The van der Waals surface area contributed by atoms with Crippen LogP contribution in [0.4, 0.5) is 0 Å². The molecule has 4 nitrogen and oxygen atoms in total. The van der Waals surface area contributed by atoms with E-state index in [1.54, 1.807) is 6.92 Å². The zero-order chi connectivity index (χ0) is 6.78. The molecule has 0 aromatic heterocycles. The summed E-state index contributed by atoms with van der Waals surface area (Å²) in [6.07, 6.45) is -0.229. The lowest BCUT2D eigenvalue weighted by molar-refractivity contribution is 0.370. The van der Waals surface area contributed by atoms with E-state index in [4.69, 9.17) is 15.5 Å². The molecule has 0 spiro atoms. The Balaban J connectivity index is 3.56. The molecule has 0 amide bonds. The summed E-state index contributed by atoms with van der Waals surface area (Å²) in [5, 5.41) is 0. The predicted molar refractivity (Wildman–Crippen MR) is 30.6 cm³/mol. The molecule has 0 bridgehead atoms. The molecule has 0 heterocycles. The minimum absolute atomic E-state index is 0.229. The Labute approximate surface area is 47.9 Å². The molecule has 0 radical (unpaired) electrons. The van der Waals surface area contributed by atoms with E-state index in [0.717, 1.165) is 0 Å². The van der Waals surface area contributed by atoms with Gasteiger partial charge in [-0.25, -0.2) is 0 Å². The predicted octanol–water partition coefficient (Wildman–Crippen LogP) is -0.489. The highest BCUT2D eigenvalue weighted by molar-refractivity contribution is 7.51. The minimum Gasteiger partial charge on any atom is -0.327 e. The molecule has 1 unspecified atom stereocenters. The molecule has 0 aromatic carbocycles. The van der Waals surface area contributed by atoms with Gasteiger partial charge in [-0.3, -0.25) is 4.57 Å². The van der Waals surface area contributed by atoms with E-state index < -0.39 is 13.6 Å². The molecule has 0 saturated carbocycles. The van der Waals surface area contributed by atoms with Crippen molar-refractivity contribution in [1.29, 1.82) is 0 Å². The van der Waals surface area contributed by atoms with Crippen LogP contribution < -0.4 is 5.73 Å². The van der Waals surface area contributed by atoms with Crippen molar-refractivity contribution in [2.75, 3.05) is 6.16 Å². The zero-order valence-corrected chi connectivity index (χ0v) is 5.51. The molecule has 8 heavy (non-hydrogen) atoms. The fourth-order valence-electron chi connectivity index (χ4n) is 0.375. The van der Waals surface area contributed by atoms with Crippen molar-refractivity contribution in [2.45, 2.75) is 13.0 Å². The summed E-state index contributed by atoms with van der Waals surface area (Å²) in [5.41, 5.74) is 5.09. The average Bonchev–Trinajstić information content (AvgIpc) is 1.21. The maximum absolute atomic E-state index is 10.1. The highest BCUT2D eigenvalue weighted by Crippen LogP contribution is 2.34. The highest BCUT2D eigenvalue weighted by Gasteiger charge is 2.14. The Morgan fingerprint density at radius 2 is 2.12 bits per heavy atom. The zero-order valence-electron chi connectivity index (χ0n) is 4.61. The quantitative estimate of drug-likeness (QED) is 0.451. The second kappa shape index (κ2) is 2.60. The normalized spacial score (nSPS) is 16.0. The number of nitrogens with two attached hydrogens (primary N) is 1. The minimum atomic E-state index is -3.85. The number of hydrogen-bond acceptors (Lipinski definition) is 2. The molecule has 0 aromatic rings. The second-order valence-corrected chi connectivity index (χ2v) is 3.52. The third-order valence-corrected chi connectivity index (χ3v) is 1.58. The first-order valence-electron chi connectivity index (χ1n) is 2.22. The molecule has 0 rings (SSSR count). The molecule has 0 fully saturated rings. The van der Waals surface area contributed by atoms with Crippen LogP contribution in [0.3, 0.4) is 0 Å². The maximum Gasteiger partial charge on any atom is 0.327 e. The van der Waals surface area contributed by atoms with E-state index in [0.29, 0.717) is 0 Å². The van der Waals surface area contributed by atoms with Gasteiger partial charge in [-0.05, 0) is 6.92 Å². The summed E-state index contributed by atoms with van der Waals surface area (Å²) in [4.78, 5) is 16.4. The van der Waals surface area contributed by atoms with Gasteiger partial charge in [-0.2, -0.15) is 0 Å². The molecule has 0 aliphatic rings. The SMILES string of the molecule is CC(N)CP(=O)(O)O. The van der Waals surface area contributed by atoms with E-state index in [2.05, 4.69) is 0 Å². The van der Waals surface area contributed by atoms with Crippen molar-refractivity contribution in [1.82, 2.24) is 0 Å². The van der Waals surface area contributed by atoms with Gasteiger partial charge in [-0.15, -0.1) is 0 Å². The first-order valence-corrected chi connectivity index (χ1v) is 4.02. The van der Waals surface area contributed by atoms with Crippen molar-refractivity contribution in [2.24, 2.45) is 5.73 Å². The topological polar surface area (TPSA) is 83.6 Å². The van der Waals surface area contributed by atoms with Crippen molar-refractivity contribution < 1.29 is 14.4 Å². The first kappa shape index (κ1) is 8.11. The van der Waals surface area contributed by atoms with E-state index >= 15 is 0 Å². The Morgan fingerprint density at radius 1 is 1.75 bits per heavy atom. The van der Waals surface area contributed by atoms with Gasteiger partial charge in [0.2, 0.25) is 0 Å². The highest BCUT2D eigenvalue weighted by atomic mass is 31.2. The largest absolute Gasteiger partial charge is 0.327 e. The maximum atomic E-state index is 10.1. The summed E-state index contributed by atoms with van der Waals surface area (Å²) in [5.74, 6) is 0. The van der Waals surface area contributed by atoms with E-state index in [1.807, 2.05) is 0 Å². The second-order valence-electron chi connectivity index (χ2n) is 1.82. The Kier molecular flexibility index (Phi) is 2.63. The average molecular weight is 139 g/mol. The van der Waals surface area contributed by atoms with E-state index in [9.17, 15) is 4.57 Å². The molecule has 1 atom stereocenters. The fraction of sp³-hybridized carbons (Fsp3) is 1.00. The van der Waals surface area contributed by atoms with Crippen LogP contribution in [0.15, 0.2) is 0 Å². The lowest BCUT2D eigenvalue weighted by Crippen LogP contribution is -2.19. The lowest BCUT2D eigenvalue weighted by atomic mass is 10.4. The number of hydrogen-bond donors (Lipinski definition) is 3. The van der Waals surface area contributed by atoms with Gasteiger partial charge in [0, 0.05) is 6.04 Å². The summed E-state index contributed by atoms with van der Waals surface area (Å²) in [6, 6.07) is -0.421. The lowest BCUT2D eigenvalue weighted by Gasteiger charge is -2.04. The van der Waals surface area contributed by atoms with Crippen LogP contribution in [0.1, 0.15) is 6.92 Å².